The van der Waals surface area contributed by atoms with Gasteiger partial charge in [0.15, 0.2) is 5.69 Å². The monoisotopic (exact) mass is 235 g/mol. The topological polar surface area (TPSA) is 50.2 Å². The van der Waals surface area contributed by atoms with Crippen LogP contribution in [-0.4, -0.2) is 16.1 Å². The lowest BCUT2D eigenvalue weighted by atomic mass is 10.2. The normalized spacial score (nSPS) is 10.8. The van der Waals surface area contributed by atoms with E-state index in [2.05, 4.69) is 11.9 Å². The van der Waals surface area contributed by atoms with Gasteiger partial charge in [-0.3, -0.25) is 0 Å². The fraction of sp³-hybridized carbons (Fsp3) is 0.333. The summed E-state index contributed by atoms with van der Waals surface area (Å²) < 4.78 is 1.01. The number of pyridine rings is 1. The number of nitrogens with zero attached hydrogens (tertiary/aromatic N) is 1. The molecular weight excluding hydrogens is 222 g/mol. The number of rotatable bonds is 4. The number of thiophene rings is 1. The second-order valence-corrected chi connectivity index (χ2v) is 4.86. The number of aryl methyl sites for hydroxylation is 1. The van der Waals surface area contributed by atoms with E-state index >= 15 is 0 Å². The van der Waals surface area contributed by atoms with E-state index in [0.717, 1.165) is 29.3 Å². The Bertz CT molecular complexity index is 519. The van der Waals surface area contributed by atoms with Gasteiger partial charge in [0.25, 0.3) is 0 Å². The number of hydrogen-bond donors (Lipinski definition) is 1. The molecule has 16 heavy (non-hydrogen) atoms. The first kappa shape index (κ1) is 11.1. The molecule has 0 radical (unpaired) electrons. The van der Waals surface area contributed by atoms with Crippen molar-refractivity contribution in [1.82, 2.24) is 4.98 Å². The Labute approximate surface area is 97.8 Å². The maximum absolute atomic E-state index is 11.0. The summed E-state index contributed by atoms with van der Waals surface area (Å²) in [7, 11) is 0. The Morgan fingerprint density at radius 1 is 1.56 bits per heavy atom. The van der Waals surface area contributed by atoms with Gasteiger partial charge in [0, 0.05) is 21.2 Å². The third kappa shape index (κ3) is 2.07. The van der Waals surface area contributed by atoms with Gasteiger partial charge in [-0.05, 0) is 25.0 Å². The molecule has 2 rings (SSSR count). The van der Waals surface area contributed by atoms with Crippen molar-refractivity contribution in [1.29, 1.82) is 0 Å². The number of carboxylic acids is 1. The highest BCUT2D eigenvalue weighted by molar-refractivity contribution is 7.19. The smallest absolute Gasteiger partial charge is 0.355 e. The zero-order valence-corrected chi connectivity index (χ0v) is 9.88. The lowest BCUT2D eigenvalue weighted by Crippen LogP contribution is -1.99. The molecule has 4 heteroatoms. The molecular formula is C12H13NO2S. The van der Waals surface area contributed by atoms with Gasteiger partial charge in [0.2, 0.25) is 0 Å². The molecule has 2 aromatic rings. The van der Waals surface area contributed by atoms with Crippen LogP contribution in [-0.2, 0) is 6.42 Å². The van der Waals surface area contributed by atoms with Gasteiger partial charge >= 0.3 is 5.97 Å². The number of aromatic nitrogens is 1. The largest absolute Gasteiger partial charge is 0.476 e. The van der Waals surface area contributed by atoms with Crippen LogP contribution in [0.25, 0.3) is 10.1 Å². The molecule has 0 fully saturated rings. The maximum atomic E-state index is 11.0. The van der Waals surface area contributed by atoms with Crippen molar-refractivity contribution in [2.45, 2.75) is 26.2 Å². The first-order valence-corrected chi connectivity index (χ1v) is 6.14. The van der Waals surface area contributed by atoms with Crippen LogP contribution in [0.15, 0.2) is 18.3 Å². The predicted octanol–water partition coefficient (Wildman–Crippen LogP) is 3.34. The SMILES string of the molecule is CCCCc1cc2c(C(=O)O)nccc2s1. The molecule has 1 N–H and O–H groups in total. The highest BCUT2D eigenvalue weighted by Gasteiger charge is 2.12. The van der Waals surface area contributed by atoms with E-state index in [9.17, 15) is 4.79 Å². The summed E-state index contributed by atoms with van der Waals surface area (Å²) in [6, 6.07) is 3.84. The molecule has 84 valence electrons. The molecule has 2 aromatic heterocycles. The lowest BCUT2D eigenvalue weighted by Gasteiger charge is -1.93. The lowest BCUT2D eigenvalue weighted by molar-refractivity contribution is 0.0693. The van der Waals surface area contributed by atoms with Crippen molar-refractivity contribution in [3.63, 3.8) is 0 Å². The van der Waals surface area contributed by atoms with Crippen LogP contribution in [0.5, 0.6) is 0 Å². The third-order valence-corrected chi connectivity index (χ3v) is 3.64. The highest BCUT2D eigenvalue weighted by atomic mass is 32.1. The fourth-order valence-electron chi connectivity index (χ4n) is 1.66. The average molecular weight is 235 g/mol. The number of carbonyl (C=O) groups is 1. The van der Waals surface area contributed by atoms with Gasteiger partial charge in [0.1, 0.15) is 0 Å². The number of hydrogen-bond acceptors (Lipinski definition) is 3. The van der Waals surface area contributed by atoms with E-state index in [1.165, 1.54) is 4.88 Å². The molecule has 0 aliphatic carbocycles. The van der Waals surface area contributed by atoms with E-state index in [0.29, 0.717) is 0 Å². The molecule has 0 bridgehead atoms. The minimum Gasteiger partial charge on any atom is -0.476 e. The zero-order valence-electron chi connectivity index (χ0n) is 9.06. The number of carboxylic acid groups (broad SMARTS) is 1. The van der Waals surface area contributed by atoms with Crippen LogP contribution in [0.3, 0.4) is 0 Å². The molecule has 0 aliphatic rings. The van der Waals surface area contributed by atoms with E-state index in [4.69, 9.17) is 5.11 Å². The molecule has 0 aromatic carbocycles. The molecule has 0 aliphatic heterocycles. The van der Waals surface area contributed by atoms with Gasteiger partial charge in [0.05, 0.1) is 0 Å². The van der Waals surface area contributed by atoms with Crippen molar-refractivity contribution < 1.29 is 9.90 Å². The summed E-state index contributed by atoms with van der Waals surface area (Å²) in [6.45, 7) is 2.15. The second-order valence-electron chi connectivity index (χ2n) is 3.69. The molecule has 0 atom stereocenters. The Balaban J connectivity index is 2.44. The van der Waals surface area contributed by atoms with Crippen molar-refractivity contribution in [3.8, 4) is 0 Å². The van der Waals surface area contributed by atoms with Gasteiger partial charge < -0.3 is 5.11 Å². The summed E-state index contributed by atoms with van der Waals surface area (Å²) in [5, 5.41) is 9.78. The first-order chi connectivity index (χ1) is 7.72. The van der Waals surface area contributed by atoms with Crippen molar-refractivity contribution in [2.24, 2.45) is 0 Å². The Hall–Kier alpha value is -1.42. The third-order valence-electron chi connectivity index (χ3n) is 2.48. The minimum absolute atomic E-state index is 0.163. The van der Waals surface area contributed by atoms with Crippen LogP contribution in [0.4, 0.5) is 0 Å². The van der Waals surface area contributed by atoms with E-state index in [-0.39, 0.29) is 5.69 Å². The maximum Gasteiger partial charge on any atom is 0.355 e. The van der Waals surface area contributed by atoms with Gasteiger partial charge in [-0.25, -0.2) is 9.78 Å². The number of unbranched alkanes of at least 4 members (excludes halogenated alkanes) is 1. The van der Waals surface area contributed by atoms with Crippen LogP contribution in [0, 0.1) is 0 Å². The van der Waals surface area contributed by atoms with Gasteiger partial charge in [-0.2, -0.15) is 0 Å². The predicted molar refractivity (Wildman–Crippen MR) is 65.2 cm³/mol. The number of fused-ring (bicyclic) bond motifs is 1. The van der Waals surface area contributed by atoms with Crippen LogP contribution >= 0.6 is 11.3 Å². The van der Waals surface area contributed by atoms with Crippen molar-refractivity contribution in [2.75, 3.05) is 0 Å². The minimum atomic E-state index is -0.953. The molecule has 0 saturated carbocycles. The summed E-state index contributed by atoms with van der Waals surface area (Å²) >= 11 is 1.67. The van der Waals surface area contributed by atoms with Crippen LogP contribution < -0.4 is 0 Å². The van der Waals surface area contributed by atoms with Crippen molar-refractivity contribution in [3.05, 3.63) is 28.9 Å². The molecule has 3 nitrogen and oxygen atoms in total. The van der Waals surface area contributed by atoms with E-state index < -0.39 is 5.97 Å². The quantitative estimate of drug-likeness (QED) is 0.884. The van der Waals surface area contributed by atoms with Gasteiger partial charge in [-0.1, -0.05) is 13.3 Å². The Morgan fingerprint density at radius 3 is 3.06 bits per heavy atom. The van der Waals surface area contributed by atoms with Crippen LogP contribution in [0.2, 0.25) is 0 Å². The summed E-state index contributed by atoms with van der Waals surface area (Å²) in [5.41, 5.74) is 0.163. The Morgan fingerprint density at radius 2 is 2.38 bits per heavy atom. The van der Waals surface area contributed by atoms with E-state index in [1.54, 1.807) is 17.5 Å². The van der Waals surface area contributed by atoms with Crippen LogP contribution in [0.1, 0.15) is 35.1 Å². The van der Waals surface area contributed by atoms with Gasteiger partial charge in [-0.15, -0.1) is 11.3 Å². The summed E-state index contributed by atoms with van der Waals surface area (Å²) in [6.07, 6.45) is 4.88. The molecule has 0 unspecified atom stereocenters. The van der Waals surface area contributed by atoms with E-state index in [1.807, 2.05) is 12.1 Å². The highest BCUT2D eigenvalue weighted by Crippen LogP contribution is 2.28. The summed E-state index contributed by atoms with van der Waals surface area (Å²) in [4.78, 5) is 16.1. The molecule has 2 heterocycles. The number of aromatic carboxylic acids is 1. The van der Waals surface area contributed by atoms with Crippen molar-refractivity contribution >= 4 is 27.4 Å². The zero-order chi connectivity index (χ0) is 11.5. The standard InChI is InChI=1S/C12H13NO2S/c1-2-3-4-8-7-9-10(16-8)5-6-13-11(9)12(14)15/h5-7H,2-4H2,1H3,(H,14,15). The Kier molecular flexibility index (Phi) is 3.19. The molecule has 0 spiro atoms. The molecule has 0 amide bonds. The summed E-state index contributed by atoms with van der Waals surface area (Å²) in [5.74, 6) is -0.953. The second kappa shape index (κ2) is 4.61. The first-order valence-electron chi connectivity index (χ1n) is 5.33. The fourth-order valence-corrected chi connectivity index (χ4v) is 2.76. The average Bonchev–Trinajstić information content (AvgIpc) is 2.68. The molecule has 0 saturated heterocycles.